The number of hydrogen-bond donors (Lipinski definition) is 2. The molecule has 0 fully saturated rings. The normalized spacial score (nSPS) is 11.2. The van der Waals surface area contributed by atoms with Crippen LogP contribution in [0, 0.1) is 5.82 Å². The minimum absolute atomic E-state index is 0.0746. The van der Waals surface area contributed by atoms with Crippen molar-refractivity contribution >= 4 is 27.8 Å². The van der Waals surface area contributed by atoms with Gasteiger partial charge in [-0.1, -0.05) is 24.3 Å². The highest BCUT2D eigenvalue weighted by molar-refractivity contribution is 6.19. The molecule has 0 saturated carbocycles. The van der Waals surface area contributed by atoms with Gasteiger partial charge in [-0.25, -0.2) is 9.18 Å². The molecule has 3 aromatic carbocycles. The van der Waals surface area contributed by atoms with E-state index in [1.54, 1.807) is 30.3 Å². The second-order valence-corrected chi connectivity index (χ2v) is 6.15. The lowest BCUT2D eigenvalue weighted by Gasteiger charge is -2.06. The van der Waals surface area contributed by atoms with Crippen LogP contribution in [0.4, 0.5) is 4.39 Å². The molecule has 1 heterocycles. The van der Waals surface area contributed by atoms with Crippen molar-refractivity contribution in [3.63, 3.8) is 0 Å². The predicted molar refractivity (Wildman–Crippen MR) is 98.0 cm³/mol. The van der Waals surface area contributed by atoms with Crippen molar-refractivity contribution in [2.75, 3.05) is 7.11 Å². The molecule has 0 amide bonds. The van der Waals surface area contributed by atoms with Crippen LogP contribution < -0.4 is 0 Å². The highest BCUT2D eigenvalue weighted by atomic mass is 19.1. The fraction of sp³-hybridized carbons (Fsp3) is 0.0952. The highest BCUT2D eigenvalue weighted by Gasteiger charge is 2.19. The highest BCUT2D eigenvalue weighted by Crippen LogP contribution is 2.37. The van der Waals surface area contributed by atoms with Gasteiger partial charge >= 0.3 is 5.97 Å². The quantitative estimate of drug-likeness (QED) is 0.534. The van der Waals surface area contributed by atoms with Gasteiger partial charge in [0.2, 0.25) is 0 Å². The molecule has 4 aromatic rings. The molecule has 5 heteroatoms. The molecule has 0 radical (unpaired) electrons. The van der Waals surface area contributed by atoms with Gasteiger partial charge < -0.3 is 14.8 Å². The maximum Gasteiger partial charge on any atom is 0.338 e. The van der Waals surface area contributed by atoms with Crippen LogP contribution in [0.2, 0.25) is 0 Å². The lowest BCUT2D eigenvalue weighted by molar-refractivity contribution is 0.0603. The maximum atomic E-state index is 13.5. The standard InChI is InChI=1S/C21H16FNO3/c1-26-21(25)15-6-3-7-16-18(15)19-17(24)9-8-13(20(19)23-16)10-12-4-2-5-14(22)11-12/h2-9,11,23-24H,10H2,1H3. The number of aromatic hydroxyl groups is 1. The van der Waals surface area contributed by atoms with E-state index >= 15 is 0 Å². The molecular formula is C21H16FNO3. The van der Waals surface area contributed by atoms with E-state index in [-0.39, 0.29) is 11.6 Å². The van der Waals surface area contributed by atoms with E-state index in [2.05, 4.69) is 4.98 Å². The number of esters is 1. The first-order valence-corrected chi connectivity index (χ1v) is 8.16. The average molecular weight is 349 g/mol. The van der Waals surface area contributed by atoms with Crippen LogP contribution in [-0.2, 0) is 11.2 Å². The number of carbonyl (C=O) groups is 1. The van der Waals surface area contributed by atoms with Crippen molar-refractivity contribution < 1.29 is 19.0 Å². The molecule has 1 aromatic heterocycles. The Morgan fingerprint density at radius 3 is 2.69 bits per heavy atom. The topological polar surface area (TPSA) is 62.3 Å². The second-order valence-electron chi connectivity index (χ2n) is 6.15. The van der Waals surface area contributed by atoms with Gasteiger partial charge in [-0.3, -0.25) is 0 Å². The number of hydrogen-bond acceptors (Lipinski definition) is 3. The summed E-state index contributed by atoms with van der Waals surface area (Å²) >= 11 is 0. The molecule has 0 saturated heterocycles. The van der Waals surface area contributed by atoms with E-state index in [1.165, 1.54) is 19.2 Å². The van der Waals surface area contributed by atoms with E-state index in [0.29, 0.717) is 22.8 Å². The van der Waals surface area contributed by atoms with E-state index < -0.39 is 5.97 Å². The van der Waals surface area contributed by atoms with Gasteiger partial charge in [-0.15, -0.1) is 0 Å². The van der Waals surface area contributed by atoms with Gasteiger partial charge in [0, 0.05) is 10.9 Å². The van der Waals surface area contributed by atoms with Gasteiger partial charge in [0.05, 0.1) is 23.6 Å². The summed E-state index contributed by atoms with van der Waals surface area (Å²) in [6.07, 6.45) is 0.495. The third kappa shape index (κ3) is 2.58. The summed E-state index contributed by atoms with van der Waals surface area (Å²) in [5, 5.41) is 11.6. The van der Waals surface area contributed by atoms with E-state index in [1.807, 2.05) is 12.1 Å². The molecule has 0 aliphatic rings. The number of nitrogens with one attached hydrogen (secondary N) is 1. The number of aromatic amines is 1. The van der Waals surface area contributed by atoms with E-state index in [4.69, 9.17) is 4.74 Å². The minimum atomic E-state index is -0.466. The first-order valence-electron chi connectivity index (χ1n) is 8.16. The summed E-state index contributed by atoms with van der Waals surface area (Å²) in [6, 6.07) is 15.1. The number of ether oxygens (including phenoxy) is 1. The van der Waals surface area contributed by atoms with Crippen LogP contribution in [0.15, 0.2) is 54.6 Å². The Bertz CT molecular complexity index is 1150. The molecular weight excluding hydrogens is 333 g/mol. The summed E-state index contributed by atoms with van der Waals surface area (Å²) in [5.74, 6) is -0.681. The van der Waals surface area contributed by atoms with Crippen molar-refractivity contribution in [3.8, 4) is 5.75 Å². The molecule has 4 rings (SSSR count). The number of H-pyrrole nitrogens is 1. The number of fused-ring (bicyclic) bond motifs is 3. The first-order chi connectivity index (χ1) is 12.6. The molecule has 0 aliphatic heterocycles. The Hall–Kier alpha value is -3.34. The van der Waals surface area contributed by atoms with Crippen molar-refractivity contribution in [2.45, 2.75) is 6.42 Å². The SMILES string of the molecule is COC(=O)c1cccc2[nH]c3c(Cc4cccc(F)c4)ccc(O)c3c12. The third-order valence-corrected chi connectivity index (χ3v) is 4.53. The zero-order valence-electron chi connectivity index (χ0n) is 14.0. The number of carbonyl (C=O) groups excluding carboxylic acids is 1. The average Bonchev–Trinajstić information content (AvgIpc) is 3.04. The van der Waals surface area contributed by atoms with Crippen molar-refractivity contribution in [1.29, 1.82) is 0 Å². The summed E-state index contributed by atoms with van der Waals surface area (Å²) in [4.78, 5) is 15.4. The predicted octanol–water partition coefficient (Wildman–Crippen LogP) is 4.54. The monoisotopic (exact) mass is 349 g/mol. The lowest BCUT2D eigenvalue weighted by atomic mass is 10.00. The van der Waals surface area contributed by atoms with Gasteiger partial charge in [0.15, 0.2) is 0 Å². The Morgan fingerprint density at radius 1 is 1.12 bits per heavy atom. The summed E-state index contributed by atoms with van der Waals surface area (Å²) < 4.78 is 18.4. The van der Waals surface area contributed by atoms with Crippen LogP contribution in [0.5, 0.6) is 5.75 Å². The molecule has 4 nitrogen and oxygen atoms in total. The Labute approximate surface area is 148 Å². The second kappa shape index (κ2) is 6.19. The van der Waals surface area contributed by atoms with Crippen molar-refractivity contribution in [3.05, 3.63) is 77.1 Å². The molecule has 2 N–H and O–H groups in total. The van der Waals surface area contributed by atoms with Crippen molar-refractivity contribution in [1.82, 2.24) is 4.98 Å². The Kier molecular flexibility index (Phi) is 3.84. The number of halogens is 1. The summed E-state index contributed by atoms with van der Waals surface area (Å²) in [7, 11) is 1.32. The number of benzene rings is 3. The molecule has 0 atom stereocenters. The number of rotatable bonds is 3. The summed E-state index contributed by atoms with van der Waals surface area (Å²) in [5.41, 5.74) is 3.55. The van der Waals surface area contributed by atoms with Crippen LogP contribution in [0.1, 0.15) is 21.5 Å². The zero-order chi connectivity index (χ0) is 18.3. The molecule has 0 spiro atoms. The van der Waals surface area contributed by atoms with E-state index in [9.17, 15) is 14.3 Å². The van der Waals surface area contributed by atoms with Crippen LogP contribution in [0.3, 0.4) is 0 Å². The molecule has 0 aliphatic carbocycles. The van der Waals surface area contributed by atoms with E-state index in [0.717, 1.165) is 22.2 Å². The fourth-order valence-electron chi connectivity index (χ4n) is 3.39. The van der Waals surface area contributed by atoms with Crippen LogP contribution in [0.25, 0.3) is 21.8 Å². The van der Waals surface area contributed by atoms with Crippen LogP contribution >= 0.6 is 0 Å². The first kappa shape index (κ1) is 16.1. The third-order valence-electron chi connectivity index (χ3n) is 4.53. The van der Waals surface area contributed by atoms with Crippen LogP contribution in [-0.4, -0.2) is 23.2 Å². The number of phenolic OH excluding ortho intramolecular Hbond substituents is 1. The smallest absolute Gasteiger partial charge is 0.338 e. The maximum absolute atomic E-state index is 13.5. The fourth-order valence-corrected chi connectivity index (χ4v) is 3.39. The zero-order valence-corrected chi connectivity index (χ0v) is 14.0. The van der Waals surface area contributed by atoms with Gasteiger partial charge in [0.25, 0.3) is 0 Å². The minimum Gasteiger partial charge on any atom is -0.507 e. The molecule has 0 unspecified atom stereocenters. The molecule has 26 heavy (non-hydrogen) atoms. The molecule has 0 bridgehead atoms. The number of phenols is 1. The number of aromatic nitrogens is 1. The van der Waals surface area contributed by atoms with Gasteiger partial charge in [-0.05, 0) is 47.9 Å². The Morgan fingerprint density at radius 2 is 1.92 bits per heavy atom. The summed E-state index contributed by atoms with van der Waals surface area (Å²) in [6.45, 7) is 0. The van der Waals surface area contributed by atoms with Crippen molar-refractivity contribution in [2.24, 2.45) is 0 Å². The molecule has 130 valence electrons. The lowest BCUT2D eigenvalue weighted by Crippen LogP contribution is -2.01. The number of methoxy groups -OCH3 is 1. The van der Waals surface area contributed by atoms with Gasteiger partial charge in [0.1, 0.15) is 11.6 Å². The van der Waals surface area contributed by atoms with Gasteiger partial charge in [-0.2, -0.15) is 0 Å². The largest absolute Gasteiger partial charge is 0.507 e. The Balaban J connectivity index is 1.97.